The molecule has 0 radical (unpaired) electrons. The van der Waals surface area contributed by atoms with E-state index < -0.39 is 10.0 Å². The van der Waals surface area contributed by atoms with Crippen molar-refractivity contribution in [1.29, 1.82) is 0 Å². The molecule has 100 valence electrons. The molecule has 0 atom stereocenters. The van der Waals surface area contributed by atoms with Gasteiger partial charge >= 0.3 is 0 Å². The van der Waals surface area contributed by atoms with Gasteiger partial charge in [-0.25, -0.2) is 8.42 Å². The lowest BCUT2D eigenvalue weighted by Crippen LogP contribution is -2.47. The largest absolute Gasteiger partial charge is 0.314 e. The minimum atomic E-state index is -3.06. The molecular formula is C13H20N2O2S. The van der Waals surface area contributed by atoms with Crippen molar-refractivity contribution in [2.24, 2.45) is 0 Å². The highest BCUT2D eigenvalue weighted by Crippen LogP contribution is 2.08. The van der Waals surface area contributed by atoms with Crippen LogP contribution < -0.4 is 5.32 Å². The summed E-state index contributed by atoms with van der Waals surface area (Å²) in [5.41, 5.74) is 1.20. The van der Waals surface area contributed by atoms with Crippen molar-refractivity contribution >= 4 is 10.0 Å². The van der Waals surface area contributed by atoms with Gasteiger partial charge in [0.1, 0.15) is 0 Å². The van der Waals surface area contributed by atoms with E-state index in [0.717, 1.165) is 19.5 Å². The molecule has 1 aliphatic heterocycles. The molecule has 2 rings (SSSR count). The molecule has 0 saturated carbocycles. The van der Waals surface area contributed by atoms with E-state index in [1.54, 1.807) is 4.31 Å². The first-order valence-electron chi connectivity index (χ1n) is 6.41. The van der Waals surface area contributed by atoms with E-state index in [-0.39, 0.29) is 5.75 Å². The van der Waals surface area contributed by atoms with Crippen LogP contribution in [0.1, 0.15) is 12.0 Å². The van der Waals surface area contributed by atoms with Gasteiger partial charge in [0, 0.05) is 26.2 Å². The first-order valence-corrected chi connectivity index (χ1v) is 8.02. The molecule has 0 bridgehead atoms. The lowest BCUT2D eigenvalue weighted by Gasteiger charge is -2.26. The fraction of sp³-hybridized carbons (Fsp3) is 0.538. The second kappa shape index (κ2) is 6.31. The third-order valence-corrected chi connectivity index (χ3v) is 5.14. The maximum Gasteiger partial charge on any atom is 0.214 e. The zero-order valence-electron chi connectivity index (χ0n) is 10.5. The van der Waals surface area contributed by atoms with Crippen LogP contribution in [0, 0.1) is 0 Å². The molecule has 0 amide bonds. The molecule has 1 N–H and O–H groups in total. The summed E-state index contributed by atoms with van der Waals surface area (Å²) in [5.74, 6) is 0.252. The summed E-state index contributed by atoms with van der Waals surface area (Å²) < 4.78 is 25.8. The molecule has 0 unspecified atom stereocenters. The normalized spacial score (nSPS) is 17.8. The Morgan fingerprint density at radius 2 is 1.78 bits per heavy atom. The van der Waals surface area contributed by atoms with Crippen LogP contribution in [0.5, 0.6) is 0 Å². The summed E-state index contributed by atoms with van der Waals surface area (Å²) in [4.78, 5) is 0. The SMILES string of the molecule is O=S(=O)(CCCc1ccccc1)N1CCNCC1. The van der Waals surface area contributed by atoms with Gasteiger partial charge in [-0.2, -0.15) is 4.31 Å². The zero-order valence-corrected chi connectivity index (χ0v) is 11.3. The third kappa shape index (κ3) is 3.80. The average Bonchev–Trinajstić information content (AvgIpc) is 2.41. The Kier molecular flexibility index (Phi) is 4.74. The summed E-state index contributed by atoms with van der Waals surface area (Å²) in [6.45, 7) is 2.73. The average molecular weight is 268 g/mol. The van der Waals surface area contributed by atoms with Crippen LogP contribution in [0.15, 0.2) is 30.3 Å². The minimum absolute atomic E-state index is 0.252. The third-order valence-electron chi connectivity index (χ3n) is 3.18. The molecule has 1 heterocycles. The van der Waals surface area contributed by atoms with Crippen molar-refractivity contribution in [2.75, 3.05) is 31.9 Å². The number of aryl methyl sites for hydroxylation is 1. The number of piperazine rings is 1. The molecule has 4 nitrogen and oxygen atoms in total. The fourth-order valence-electron chi connectivity index (χ4n) is 2.15. The predicted octanol–water partition coefficient (Wildman–Crippen LogP) is 0.854. The van der Waals surface area contributed by atoms with Gasteiger partial charge in [0.05, 0.1) is 5.75 Å². The maximum absolute atomic E-state index is 12.1. The summed E-state index contributed by atoms with van der Waals surface area (Å²) in [5, 5.41) is 3.16. The molecule has 0 aromatic heterocycles. The number of nitrogens with one attached hydrogen (secondary N) is 1. The van der Waals surface area contributed by atoms with Gasteiger partial charge in [-0.15, -0.1) is 0 Å². The Hall–Kier alpha value is -0.910. The number of rotatable bonds is 5. The number of benzene rings is 1. The summed E-state index contributed by atoms with van der Waals surface area (Å²) >= 11 is 0. The Morgan fingerprint density at radius 3 is 2.44 bits per heavy atom. The highest BCUT2D eigenvalue weighted by Gasteiger charge is 2.22. The molecule has 1 aromatic carbocycles. The summed E-state index contributed by atoms with van der Waals surface area (Å²) in [7, 11) is -3.06. The lowest BCUT2D eigenvalue weighted by atomic mass is 10.1. The highest BCUT2D eigenvalue weighted by molar-refractivity contribution is 7.89. The molecule has 1 aromatic rings. The van der Waals surface area contributed by atoms with Gasteiger partial charge in [0.2, 0.25) is 10.0 Å². The van der Waals surface area contributed by atoms with Gasteiger partial charge in [0.15, 0.2) is 0 Å². The van der Waals surface area contributed by atoms with Crippen molar-refractivity contribution in [3.8, 4) is 0 Å². The summed E-state index contributed by atoms with van der Waals surface area (Å²) in [6.07, 6.45) is 1.52. The lowest BCUT2D eigenvalue weighted by molar-refractivity contribution is 0.360. The van der Waals surface area contributed by atoms with E-state index in [1.807, 2.05) is 30.3 Å². The standard InChI is InChI=1S/C13H20N2O2S/c16-18(17,15-10-8-14-9-11-15)12-4-7-13-5-2-1-3-6-13/h1-3,5-6,14H,4,7-12H2. The Balaban J connectivity index is 1.82. The molecule has 0 spiro atoms. The molecule has 1 fully saturated rings. The number of nitrogens with zero attached hydrogens (tertiary/aromatic N) is 1. The van der Waals surface area contributed by atoms with E-state index in [4.69, 9.17) is 0 Å². The van der Waals surface area contributed by atoms with Gasteiger partial charge in [-0.1, -0.05) is 30.3 Å². The van der Waals surface area contributed by atoms with Crippen molar-refractivity contribution in [3.05, 3.63) is 35.9 Å². The van der Waals surface area contributed by atoms with Crippen molar-refractivity contribution < 1.29 is 8.42 Å². The molecule has 1 aliphatic rings. The van der Waals surface area contributed by atoms with E-state index in [9.17, 15) is 8.42 Å². The van der Waals surface area contributed by atoms with Gasteiger partial charge in [-0.3, -0.25) is 0 Å². The highest BCUT2D eigenvalue weighted by atomic mass is 32.2. The maximum atomic E-state index is 12.1. The number of hydrogen-bond acceptors (Lipinski definition) is 3. The van der Waals surface area contributed by atoms with Crippen molar-refractivity contribution in [3.63, 3.8) is 0 Å². The van der Waals surface area contributed by atoms with Crippen LogP contribution in [-0.4, -0.2) is 44.7 Å². The van der Waals surface area contributed by atoms with Crippen LogP contribution >= 0.6 is 0 Å². The van der Waals surface area contributed by atoms with Gasteiger partial charge in [0.25, 0.3) is 0 Å². The van der Waals surface area contributed by atoms with Crippen LogP contribution in [0.4, 0.5) is 0 Å². The van der Waals surface area contributed by atoms with Crippen LogP contribution in [-0.2, 0) is 16.4 Å². The Labute approximate surface area is 109 Å². The van der Waals surface area contributed by atoms with Crippen LogP contribution in [0.3, 0.4) is 0 Å². The molecular weight excluding hydrogens is 248 g/mol. The molecule has 5 heteroatoms. The van der Waals surface area contributed by atoms with Gasteiger partial charge < -0.3 is 5.32 Å². The zero-order chi connectivity index (χ0) is 12.8. The quantitative estimate of drug-likeness (QED) is 0.861. The first kappa shape index (κ1) is 13.5. The monoisotopic (exact) mass is 268 g/mol. The van der Waals surface area contributed by atoms with Crippen molar-refractivity contribution in [1.82, 2.24) is 9.62 Å². The predicted molar refractivity (Wildman–Crippen MR) is 73.0 cm³/mol. The second-order valence-corrected chi connectivity index (χ2v) is 6.64. The second-order valence-electron chi connectivity index (χ2n) is 4.55. The van der Waals surface area contributed by atoms with Crippen LogP contribution in [0.2, 0.25) is 0 Å². The smallest absolute Gasteiger partial charge is 0.214 e. The fourth-order valence-corrected chi connectivity index (χ4v) is 3.66. The van der Waals surface area contributed by atoms with E-state index >= 15 is 0 Å². The minimum Gasteiger partial charge on any atom is -0.314 e. The van der Waals surface area contributed by atoms with Gasteiger partial charge in [-0.05, 0) is 18.4 Å². The topological polar surface area (TPSA) is 49.4 Å². The molecule has 1 saturated heterocycles. The first-order chi connectivity index (χ1) is 8.68. The van der Waals surface area contributed by atoms with Crippen LogP contribution in [0.25, 0.3) is 0 Å². The van der Waals surface area contributed by atoms with E-state index in [1.165, 1.54) is 5.56 Å². The van der Waals surface area contributed by atoms with E-state index in [0.29, 0.717) is 19.5 Å². The number of hydrogen-bond donors (Lipinski definition) is 1. The Bertz CT molecular complexity index is 453. The Morgan fingerprint density at radius 1 is 1.11 bits per heavy atom. The summed E-state index contributed by atoms with van der Waals surface area (Å²) in [6, 6.07) is 10.0. The van der Waals surface area contributed by atoms with Crippen molar-refractivity contribution in [2.45, 2.75) is 12.8 Å². The molecule has 0 aliphatic carbocycles. The number of sulfonamides is 1. The van der Waals surface area contributed by atoms with E-state index in [2.05, 4.69) is 5.32 Å². The molecule has 18 heavy (non-hydrogen) atoms.